The second kappa shape index (κ2) is 11.8. The number of hydrazone groups is 1. The van der Waals surface area contributed by atoms with Gasteiger partial charge in [-0.1, -0.05) is 56.0 Å². The van der Waals surface area contributed by atoms with Crippen LogP contribution < -0.4 is 14.9 Å². The Morgan fingerprint density at radius 1 is 1.03 bits per heavy atom. The summed E-state index contributed by atoms with van der Waals surface area (Å²) in [5, 5.41) is 12.8. The third-order valence-electron chi connectivity index (χ3n) is 4.46. The molecule has 0 aliphatic rings. The normalized spacial score (nSPS) is 11.5. The van der Waals surface area contributed by atoms with Crippen molar-refractivity contribution in [1.82, 2.24) is 15.6 Å². The van der Waals surface area contributed by atoms with Gasteiger partial charge < -0.3 is 9.47 Å². The first kappa shape index (κ1) is 24.7. The minimum atomic E-state index is -0.197. The van der Waals surface area contributed by atoms with E-state index in [9.17, 15) is 4.79 Å². The quantitative estimate of drug-likeness (QED) is 0.192. The molecule has 0 aliphatic heterocycles. The molecular formula is C24H28N4O3S2. The summed E-state index contributed by atoms with van der Waals surface area (Å²) in [5.41, 5.74) is 4.76. The zero-order valence-corrected chi connectivity index (χ0v) is 20.8. The first-order valence-corrected chi connectivity index (χ1v) is 12.3. The lowest BCUT2D eigenvalue weighted by Gasteiger charge is -2.19. The van der Waals surface area contributed by atoms with Crippen molar-refractivity contribution in [3.63, 3.8) is 0 Å². The number of thioether (sulfide) groups is 1. The fraction of sp³-hybridized carbons (Fsp3) is 0.333. The SMILES string of the molecule is Cc1nnc(SCC(=O)NN=Cc2ccc(OCCOc3ccc(C(C)(C)C)cc3)cc2)s1. The molecule has 3 aromatic rings. The molecule has 1 heterocycles. The lowest BCUT2D eigenvalue weighted by Crippen LogP contribution is -2.19. The summed E-state index contributed by atoms with van der Waals surface area (Å²) < 4.78 is 12.2. The molecule has 7 nitrogen and oxygen atoms in total. The zero-order valence-electron chi connectivity index (χ0n) is 19.2. The van der Waals surface area contributed by atoms with E-state index in [4.69, 9.17) is 9.47 Å². The Balaban J connectivity index is 1.34. The van der Waals surface area contributed by atoms with E-state index in [-0.39, 0.29) is 17.1 Å². The number of nitrogens with zero attached hydrogens (tertiary/aromatic N) is 3. The summed E-state index contributed by atoms with van der Waals surface area (Å²) in [6.07, 6.45) is 1.59. The largest absolute Gasteiger partial charge is 0.490 e. The minimum Gasteiger partial charge on any atom is -0.490 e. The molecule has 1 aromatic heterocycles. The maximum absolute atomic E-state index is 11.9. The lowest BCUT2D eigenvalue weighted by atomic mass is 9.87. The molecule has 0 radical (unpaired) electrons. The molecule has 174 valence electrons. The number of rotatable bonds is 10. The predicted molar refractivity (Wildman–Crippen MR) is 134 cm³/mol. The van der Waals surface area contributed by atoms with Gasteiger partial charge in [0.2, 0.25) is 0 Å². The number of hydrogen-bond acceptors (Lipinski definition) is 8. The fourth-order valence-corrected chi connectivity index (χ4v) is 4.30. The number of aryl methyl sites for hydroxylation is 1. The van der Waals surface area contributed by atoms with Gasteiger partial charge in [-0.05, 0) is 59.9 Å². The van der Waals surface area contributed by atoms with E-state index >= 15 is 0 Å². The summed E-state index contributed by atoms with van der Waals surface area (Å²) in [6.45, 7) is 9.34. The van der Waals surface area contributed by atoms with Gasteiger partial charge in [0.25, 0.3) is 5.91 Å². The van der Waals surface area contributed by atoms with E-state index in [0.29, 0.717) is 13.2 Å². The van der Waals surface area contributed by atoms with Gasteiger partial charge in [0.15, 0.2) is 4.34 Å². The molecule has 0 fully saturated rings. The van der Waals surface area contributed by atoms with Crippen molar-refractivity contribution in [2.75, 3.05) is 19.0 Å². The molecule has 0 unspecified atom stereocenters. The number of hydrogen-bond donors (Lipinski definition) is 1. The molecule has 0 bridgehead atoms. The third kappa shape index (κ3) is 8.51. The average Bonchev–Trinajstić information content (AvgIpc) is 3.21. The first-order chi connectivity index (χ1) is 15.8. The zero-order chi connectivity index (χ0) is 23.7. The lowest BCUT2D eigenvalue weighted by molar-refractivity contribution is -0.118. The van der Waals surface area contributed by atoms with Crippen LogP contribution in [0, 0.1) is 6.92 Å². The van der Waals surface area contributed by atoms with Crippen LogP contribution in [0.4, 0.5) is 0 Å². The Morgan fingerprint density at radius 3 is 2.18 bits per heavy atom. The van der Waals surface area contributed by atoms with Crippen LogP contribution in [0.25, 0.3) is 0 Å². The molecule has 0 aliphatic carbocycles. The second-order valence-corrected chi connectivity index (χ2v) is 10.6. The van der Waals surface area contributed by atoms with E-state index < -0.39 is 0 Å². The molecule has 1 N–H and O–H groups in total. The predicted octanol–water partition coefficient (Wildman–Crippen LogP) is 4.84. The van der Waals surface area contributed by atoms with Gasteiger partial charge >= 0.3 is 0 Å². The van der Waals surface area contributed by atoms with Gasteiger partial charge in [-0.15, -0.1) is 10.2 Å². The molecule has 33 heavy (non-hydrogen) atoms. The van der Waals surface area contributed by atoms with Crippen molar-refractivity contribution in [1.29, 1.82) is 0 Å². The van der Waals surface area contributed by atoms with Crippen molar-refractivity contribution in [3.8, 4) is 11.5 Å². The van der Waals surface area contributed by atoms with Gasteiger partial charge in [0, 0.05) is 0 Å². The van der Waals surface area contributed by atoms with E-state index in [1.165, 1.54) is 28.7 Å². The van der Waals surface area contributed by atoms with Crippen molar-refractivity contribution < 1.29 is 14.3 Å². The Labute approximate surface area is 202 Å². The van der Waals surface area contributed by atoms with E-state index in [0.717, 1.165) is 26.4 Å². The minimum absolute atomic E-state index is 0.127. The summed E-state index contributed by atoms with van der Waals surface area (Å²) >= 11 is 2.80. The summed E-state index contributed by atoms with van der Waals surface area (Å²) in [4.78, 5) is 11.9. The summed E-state index contributed by atoms with van der Waals surface area (Å²) in [6, 6.07) is 15.6. The molecule has 2 aromatic carbocycles. The van der Waals surface area contributed by atoms with Crippen LogP contribution in [0.2, 0.25) is 0 Å². The van der Waals surface area contributed by atoms with Gasteiger partial charge in [-0.2, -0.15) is 5.10 Å². The van der Waals surface area contributed by atoms with Crippen LogP contribution in [-0.2, 0) is 10.2 Å². The van der Waals surface area contributed by atoms with Crippen LogP contribution in [0.3, 0.4) is 0 Å². The van der Waals surface area contributed by atoms with E-state index in [1.807, 2.05) is 43.3 Å². The maximum atomic E-state index is 11.9. The number of amides is 1. The number of nitrogens with one attached hydrogen (secondary N) is 1. The maximum Gasteiger partial charge on any atom is 0.250 e. The van der Waals surface area contributed by atoms with Crippen LogP contribution in [0.1, 0.15) is 36.9 Å². The average molecular weight is 485 g/mol. The molecular weight excluding hydrogens is 456 g/mol. The fourth-order valence-electron chi connectivity index (χ4n) is 2.70. The summed E-state index contributed by atoms with van der Waals surface area (Å²) in [7, 11) is 0. The molecule has 0 atom stereocenters. The molecule has 3 rings (SSSR count). The number of ether oxygens (including phenoxy) is 2. The van der Waals surface area contributed by atoms with E-state index in [1.54, 1.807) is 6.21 Å². The smallest absolute Gasteiger partial charge is 0.250 e. The highest BCUT2D eigenvalue weighted by atomic mass is 32.2. The highest BCUT2D eigenvalue weighted by molar-refractivity contribution is 8.01. The molecule has 0 spiro atoms. The standard InChI is InChI=1S/C24H28N4O3S2/c1-17-26-28-23(33-17)32-16-22(29)27-25-15-18-5-9-20(10-6-18)30-13-14-31-21-11-7-19(8-12-21)24(2,3)4/h5-12,15H,13-14,16H2,1-4H3,(H,27,29). The van der Waals surface area contributed by atoms with Crippen LogP contribution in [0.15, 0.2) is 58.0 Å². The van der Waals surface area contributed by atoms with Gasteiger partial charge in [-0.3, -0.25) is 4.79 Å². The Kier molecular flexibility index (Phi) is 8.85. The topological polar surface area (TPSA) is 85.7 Å². The van der Waals surface area contributed by atoms with Crippen LogP contribution in [0.5, 0.6) is 11.5 Å². The van der Waals surface area contributed by atoms with Crippen LogP contribution in [-0.4, -0.2) is 41.3 Å². The van der Waals surface area contributed by atoms with Crippen molar-refractivity contribution in [2.45, 2.75) is 37.4 Å². The molecule has 1 amide bonds. The van der Waals surface area contributed by atoms with Crippen LogP contribution >= 0.6 is 23.1 Å². The monoisotopic (exact) mass is 484 g/mol. The van der Waals surface area contributed by atoms with Gasteiger partial charge in [-0.25, -0.2) is 5.43 Å². The summed E-state index contributed by atoms with van der Waals surface area (Å²) in [5.74, 6) is 1.61. The highest BCUT2D eigenvalue weighted by Gasteiger charge is 2.12. The van der Waals surface area contributed by atoms with Gasteiger partial charge in [0.05, 0.1) is 12.0 Å². The molecule has 0 saturated carbocycles. The Morgan fingerprint density at radius 2 is 1.64 bits per heavy atom. The number of carbonyl (C=O) groups excluding carboxylic acids is 1. The molecule has 9 heteroatoms. The number of benzene rings is 2. The van der Waals surface area contributed by atoms with Crippen molar-refractivity contribution in [2.24, 2.45) is 5.10 Å². The van der Waals surface area contributed by atoms with Crippen molar-refractivity contribution in [3.05, 3.63) is 64.7 Å². The van der Waals surface area contributed by atoms with Gasteiger partial charge in [0.1, 0.15) is 29.7 Å². The number of carbonyl (C=O) groups is 1. The first-order valence-electron chi connectivity index (χ1n) is 10.5. The highest BCUT2D eigenvalue weighted by Crippen LogP contribution is 2.24. The van der Waals surface area contributed by atoms with E-state index in [2.05, 4.69) is 53.6 Å². The van der Waals surface area contributed by atoms with Crippen molar-refractivity contribution >= 4 is 35.2 Å². The second-order valence-electron chi connectivity index (χ2n) is 8.21. The number of aromatic nitrogens is 2. The molecule has 0 saturated heterocycles. The third-order valence-corrected chi connectivity index (χ3v) is 6.43. The Bertz CT molecular complexity index is 1060. The Hall–Kier alpha value is -2.91.